The molecule has 0 fully saturated rings. The number of hydrogen-bond acceptors (Lipinski definition) is 3. The largest absolute Gasteiger partial charge is 0.511 e. The molecule has 1 atom stereocenters. The molecule has 1 aliphatic carbocycles. The normalized spacial score (nSPS) is 23.7. The van der Waals surface area contributed by atoms with E-state index in [9.17, 15) is 13.5 Å². The maximum atomic E-state index is 11.5. The van der Waals surface area contributed by atoms with Gasteiger partial charge in [-0.2, -0.15) is 0 Å². The molecule has 1 aromatic rings. The quantitative estimate of drug-likeness (QED) is 0.866. The van der Waals surface area contributed by atoms with Gasteiger partial charge in [0, 0.05) is 10.9 Å². The van der Waals surface area contributed by atoms with Crippen molar-refractivity contribution in [3.8, 4) is 0 Å². The first-order valence-corrected chi connectivity index (χ1v) is 7.96. The number of sulfonamides is 1. The van der Waals surface area contributed by atoms with Crippen molar-refractivity contribution < 1.29 is 13.5 Å². The number of rotatable bonds is 2. The summed E-state index contributed by atoms with van der Waals surface area (Å²) in [5.41, 5.74) is 0.0326. The lowest BCUT2D eigenvalue weighted by molar-refractivity contribution is 0.303. The van der Waals surface area contributed by atoms with Crippen LogP contribution in [0.5, 0.6) is 0 Å². The second-order valence-corrected chi connectivity index (χ2v) is 7.28. The first-order chi connectivity index (χ1) is 8.73. The summed E-state index contributed by atoms with van der Waals surface area (Å²) in [7, 11) is -3.74. The van der Waals surface area contributed by atoms with Gasteiger partial charge in [0.25, 0.3) is 0 Å². The Kier molecular flexibility index (Phi) is 3.59. The predicted molar refractivity (Wildman–Crippen MR) is 78.0 cm³/mol. The van der Waals surface area contributed by atoms with Crippen molar-refractivity contribution in [3.05, 3.63) is 57.1 Å². The molecule has 1 unspecified atom stereocenters. The molecule has 2 rings (SSSR count). The number of primary sulfonamides is 1. The monoisotopic (exact) mass is 343 g/mol. The Labute approximate surface area is 120 Å². The maximum absolute atomic E-state index is 11.5. The van der Waals surface area contributed by atoms with Crippen molar-refractivity contribution in [2.75, 3.05) is 0 Å². The fourth-order valence-corrected chi connectivity index (χ4v) is 3.28. The first kappa shape index (κ1) is 14.3. The molecule has 0 saturated heterocycles. The molecule has 4 nitrogen and oxygen atoms in total. The van der Waals surface area contributed by atoms with Gasteiger partial charge in [0.1, 0.15) is 5.76 Å². The lowest BCUT2D eigenvalue weighted by Gasteiger charge is -2.32. The molecular formula is C13H14BrNO3S. The topological polar surface area (TPSA) is 80.4 Å². The van der Waals surface area contributed by atoms with Crippen molar-refractivity contribution in [2.45, 2.75) is 18.8 Å². The summed E-state index contributed by atoms with van der Waals surface area (Å²) in [6.07, 6.45) is 2.89. The van der Waals surface area contributed by atoms with Crippen molar-refractivity contribution in [1.82, 2.24) is 0 Å². The van der Waals surface area contributed by atoms with Crippen LogP contribution in [-0.4, -0.2) is 13.5 Å². The lowest BCUT2D eigenvalue weighted by atomic mass is 9.75. The van der Waals surface area contributed by atoms with E-state index in [1.54, 1.807) is 6.92 Å². The van der Waals surface area contributed by atoms with Crippen LogP contribution in [0.15, 0.2) is 51.6 Å². The third-order valence-corrected chi connectivity index (χ3v) is 4.85. The number of aliphatic hydroxyl groups excluding tert-OH is 1. The molecule has 3 N–H and O–H groups in total. The number of aliphatic hydroxyl groups is 1. The smallest absolute Gasteiger partial charge is 0.234 e. The number of nitrogens with two attached hydrogens (primary N) is 1. The summed E-state index contributed by atoms with van der Waals surface area (Å²) in [5, 5.41) is 15.3. The Balaban J connectivity index is 2.52. The Morgan fingerprint density at radius 3 is 2.63 bits per heavy atom. The summed E-state index contributed by atoms with van der Waals surface area (Å²) in [5.74, 6) is 0.123. The summed E-state index contributed by atoms with van der Waals surface area (Å²) < 4.78 is 23.8. The van der Waals surface area contributed by atoms with Crippen LogP contribution in [0, 0.1) is 0 Å². The van der Waals surface area contributed by atoms with Crippen LogP contribution < -0.4 is 5.14 Å². The van der Waals surface area contributed by atoms with E-state index in [1.165, 1.54) is 12.2 Å². The predicted octanol–water partition coefficient (Wildman–Crippen LogP) is 2.72. The van der Waals surface area contributed by atoms with Crippen molar-refractivity contribution in [2.24, 2.45) is 5.14 Å². The minimum atomic E-state index is -3.74. The third kappa shape index (κ3) is 2.75. The number of allylic oxidation sites excluding steroid dienone is 4. The minimum absolute atomic E-state index is 0.118. The standard InChI is InChI=1S/C13H14BrNO3S/c1-13(9-3-2-4-10(14)7-9)8-11(19(15,17)18)5-6-12(13)16/h2-7,16H,8H2,1H3,(H2,15,17,18). The molecular weight excluding hydrogens is 330 g/mol. The van der Waals surface area contributed by atoms with Gasteiger partial charge in [0.05, 0.1) is 10.3 Å². The highest BCUT2D eigenvalue weighted by atomic mass is 79.9. The Morgan fingerprint density at radius 2 is 2.05 bits per heavy atom. The molecule has 0 aliphatic heterocycles. The van der Waals surface area contributed by atoms with Crippen molar-refractivity contribution >= 4 is 26.0 Å². The number of halogens is 1. The molecule has 0 amide bonds. The van der Waals surface area contributed by atoms with E-state index in [0.29, 0.717) is 0 Å². The average Bonchev–Trinajstić information content (AvgIpc) is 2.31. The molecule has 0 aromatic heterocycles. The lowest BCUT2D eigenvalue weighted by Crippen LogP contribution is -2.31. The van der Waals surface area contributed by atoms with Crippen LogP contribution in [0.25, 0.3) is 0 Å². The molecule has 1 aromatic carbocycles. The first-order valence-electron chi connectivity index (χ1n) is 5.62. The Bertz CT molecular complexity index is 679. The second-order valence-electron chi connectivity index (χ2n) is 4.75. The van der Waals surface area contributed by atoms with E-state index in [-0.39, 0.29) is 17.1 Å². The van der Waals surface area contributed by atoms with Gasteiger partial charge >= 0.3 is 0 Å². The summed E-state index contributed by atoms with van der Waals surface area (Å²) in [4.78, 5) is 0.118. The maximum Gasteiger partial charge on any atom is 0.234 e. The van der Waals surface area contributed by atoms with Crippen LogP contribution in [0.2, 0.25) is 0 Å². The molecule has 0 radical (unpaired) electrons. The highest BCUT2D eigenvalue weighted by Gasteiger charge is 2.37. The fourth-order valence-electron chi connectivity index (χ4n) is 2.13. The van der Waals surface area contributed by atoms with Gasteiger partial charge in [-0.05, 0) is 36.8 Å². The highest BCUT2D eigenvalue weighted by molar-refractivity contribution is 9.10. The van der Waals surface area contributed by atoms with Gasteiger partial charge in [0.15, 0.2) is 0 Å². The number of hydrogen-bond donors (Lipinski definition) is 2. The van der Waals surface area contributed by atoms with E-state index < -0.39 is 15.4 Å². The van der Waals surface area contributed by atoms with E-state index >= 15 is 0 Å². The van der Waals surface area contributed by atoms with Gasteiger partial charge in [-0.15, -0.1) is 0 Å². The molecule has 6 heteroatoms. The molecule has 0 bridgehead atoms. The van der Waals surface area contributed by atoms with E-state index in [0.717, 1.165) is 10.0 Å². The Morgan fingerprint density at radius 1 is 1.37 bits per heavy atom. The van der Waals surface area contributed by atoms with Crippen molar-refractivity contribution in [1.29, 1.82) is 0 Å². The van der Waals surface area contributed by atoms with Crippen LogP contribution in [0.1, 0.15) is 18.9 Å². The van der Waals surface area contributed by atoms with Gasteiger partial charge < -0.3 is 5.11 Å². The molecule has 102 valence electrons. The van der Waals surface area contributed by atoms with Crippen LogP contribution in [0.3, 0.4) is 0 Å². The van der Waals surface area contributed by atoms with Crippen LogP contribution >= 0.6 is 15.9 Å². The summed E-state index contributed by atoms with van der Waals surface area (Å²) in [6.45, 7) is 1.79. The fraction of sp³-hybridized carbons (Fsp3) is 0.231. The molecule has 0 spiro atoms. The van der Waals surface area contributed by atoms with Gasteiger partial charge in [-0.25, -0.2) is 13.6 Å². The van der Waals surface area contributed by atoms with Crippen LogP contribution in [0.4, 0.5) is 0 Å². The zero-order chi connectivity index (χ0) is 14.3. The Hall–Kier alpha value is -1.11. The summed E-state index contributed by atoms with van der Waals surface area (Å²) in [6, 6.07) is 7.41. The van der Waals surface area contributed by atoms with Crippen LogP contribution in [-0.2, 0) is 15.4 Å². The van der Waals surface area contributed by atoms with Crippen molar-refractivity contribution in [3.63, 3.8) is 0 Å². The minimum Gasteiger partial charge on any atom is -0.511 e. The molecule has 0 saturated carbocycles. The highest BCUT2D eigenvalue weighted by Crippen LogP contribution is 2.40. The third-order valence-electron chi connectivity index (χ3n) is 3.35. The van der Waals surface area contributed by atoms with Gasteiger partial charge in [-0.3, -0.25) is 0 Å². The molecule has 0 heterocycles. The van der Waals surface area contributed by atoms with E-state index in [1.807, 2.05) is 24.3 Å². The molecule has 19 heavy (non-hydrogen) atoms. The number of benzene rings is 1. The van der Waals surface area contributed by atoms with Gasteiger partial charge in [-0.1, -0.05) is 28.1 Å². The second kappa shape index (κ2) is 4.77. The average molecular weight is 344 g/mol. The SMILES string of the molecule is CC1(c2cccc(Br)c2)CC(S(N)(=O)=O)=CC=C1O. The van der Waals surface area contributed by atoms with E-state index in [2.05, 4.69) is 15.9 Å². The zero-order valence-electron chi connectivity index (χ0n) is 10.3. The zero-order valence-corrected chi connectivity index (χ0v) is 12.7. The van der Waals surface area contributed by atoms with Gasteiger partial charge in [0.2, 0.25) is 10.0 Å². The summed E-state index contributed by atoms with van der Waals surface area (Å²) >= 11 is 3.37. The van der Waals surface area contributed by atoms with E-state index in [4.69, 9.17) is 5.14 Å². The molecule has 1 aliphatic rings.